The molecule has 0 aliphatic rings. The molecular weight excluding hydrogens is 417 g/mol. The van der Waals surface area contributed by atoms with E-state index < -0.39 is 0 Å². The van der Waals surface area contributed by atoms with Crippen molar-refractivity contribution in [2.45, 2.75) is 0 Å². The average Bonchev–Trinajstić information content (AvgIpc) is 2.44. The van der Waals surface area contributed by atoms with Crippen LogP contribution in [0.2, 0.25) is 0 Å². The SMILES string of the molecule is O=c1[nH]c(-c2ccc(I)cc2)c(Br)c2ccccc12. The van der Waals surface area contributed by atoms with Gasteiger partial charge in [0.2, 0.25) is 0 Å². The maximum Gasteiger partial charge on any atom is 0.256 e. The van der Waals surface area contributed by atoms with E-state index >= 15 is 0 Å². The second kappa shape index (κ2) is 5.09. The highest BCUT2D eigenvalue weighted by Gasteiger charge is 2.10. The molecule has 0 atom stereocenters. The van der Waals surface area contributed by atoms with Crippen LogP contribution in [-0.2, 0) is 0 Å². The van der Waals surface area contributed by atoms with Gasteiger partial charge in [-0.3, -0.25) is 4.79 Å². The van der Waals surface area contributed by atoms with Crippen LogP contribution in [0.3, 0.4) is 0 Å². The van der Waals surface area contributed by atoms with Crippen molar-refractivity contribution in [2.75, 3.05) is 0 Å². The number of fused-ring (bicyclic) bond motifs is 1. The van der Waals surface area contributed by atoms with Crippen molar-refractivity contribution in [1.29, 1.82) is 0 Å². The summed E-state index contributed by atoms with van der Waals surface area (Å²) < 4.78 is 2.09. The highest BCUT2D eigenvalue weighted by atomic mass is 127. The van der Waals surface area contributed by atoms with Gasteiger partial charge < -0.3 is 4.98 Å². The zero-order valence-electron chi connectivity index (χ0n) is 9.78. The molecule has 0 bridgehead atoms. The van der Waals surface area contributed by atoms with Crippen molar-refractivity contribution in [3.63, 3.8) is 0 Å². The maximum absolute atomic E-state index is 12.1. The molecule has 2 aromatic carbocycles. The lowest BCUT2D eigenvalue weighted by Crippen LogP contribution is -2.08. The molecule has 1 N–H and O–H groups in total. The monoisotopic (exact) mass is 425 g/mol. The minimum Gasteiger partial charge on any atom is -0.320 e. The molecule has 0 radical (unpaired) electrons. The van der Waals surface area contributed by atoms with Gasteiger partial charge in [-0.15, -0.1) is 0 Å². The fourth-order valence-electron chi connectivity index (χ4n) is 2.06. The smallest absolute Gasteiger partial charge is 0.256 e. The van der Waals surface area contributed by atoms with Gasteiger partial charge in [-0.25, -0.2) is 0 Å². The summed E-state index contributed by atoms with van der Waals surface area (Å²) in [5.74, 6) is 0. The van der Waals surface area contributed by atoms with Crippen molar-refractivity contribution < 1.29 is 0 Å². The average molecular weight is 426 g/mol. The fraction of sp³-hybridized carbons (Fsp3) is 0. The number of aromatic amines is 1. The molecule has 0 saturated heterocycles. The topological polar surface area (TPSA) is 32.9 Å². The van der Waals surface area contributed by atoms with Crippen molar-refractivity contribution in [1.82, 2.24) is 4.98 Å². The molecule has 3 aromatic rings. The number of rotatable bonds is 1. The third kappa shape index (κ3) is 2.34. The number of benzene rings is 2. The van der Waals surface area contributed by atoms with Crippen LogP contribution >= 0.6 is 38.5 Å². The highest BCUT2D eigenvalue weighted by molar-refractivity contribution is 14.1. The van der Waals surface area contributed by atoms with Gasteiger partial charge in [-0.2, -0.15) is 0 Å². The van der Waals surface area contributed by atoms with Gasteiger partial charge >= 0.3 is 0 Å². The maximum atomic E-state index is 12.1. The molecule has 0 spiro atoms. The molecule has 3 rings (SSSR count). The van der Waals surface area contributed by atoms with Gasteiger partial charge in [-0.1, -0.05) is 30.3 Å². The quantitative estimate of drug-likeness (QED) is 0.569. The van der Waals surface area contributed by atoms with Gasteiger partial charge in [-0.05, 0) is 62.3 Å². The second-order valence-electron chi connectivity index (χ2n) is 4.20. The van der Waals surface area contributed by atoms with E-state index in [2.05, 4.69) is 43.5 Å². The Morgan fingerprint density at radius 2 is 1.58 bits per heavy atom. The van der Waals surface area contributed by atoms with Crippen LogP contribution in [0.4, 0.5) is 0 Å². The molecule has 4 heteroatoms. The van der Waals surface area contributed by atoms with Gasteiger partial charge in [0, 0.05) is 18.8 Å². The normalized spacial score (nSPS) is 10.8. The molecule has 0 aliphatic heterocycles. The molecule has 1 heterocycles. The van der Waals surface area contributed by atoms with Gasteiger partial charge in [0.1, 0.15) is 0 Å². The Morgan fingerprint density at radius 3 is 2.26 bits per heavy atom. The van der Waals surface area contributed by atoms with E-state index in [1.165, 1.54) is 3.57 Å². The summed E-state index contributed by atoms with van der Waals surface area (Å²) in [6, 6.07) is 15.6. The first kappa shape index (κ1) is 12.9. The van der Waals surface area contributed by atoms with E-state index in [9.17, 15) is 4.79 Å². The van der Waals surface area contributed by atoms with Crippen LogP contribution in [0.15, 0.2) is 57.8 Å². The van der Waals surface area contributed by atoms with E-state index in [1.807, 2.05) is 48.5 Å². The summed E-state index contributed by atoms with van der Waals surface area (Å²) in [6.07, 6.45) is 0. The Balaban J connectivity index is 2.33. The van der Waals surface area contributed by atoms with Crippen LogP contribution in [0, 0.1) is 3.57 Å². The molecule has 0 amide bonds. The molecule has 2 nitrogen and oxygen atoms in total. The third-order valence-corrected chi connectivity index (χ3v) is 4.54. The largest absolute Gasteiger partial charge is 0.320 e. The van der Waals surface area contributed by atoms with Gasteiger partial charge in [0.05, 0.1) is 5.69 Å². The van der Waals surface area contributed by atoms with Crippen molar-refractivity contribution >= 4 is 49.3 Å². The Morgan fingerprint density at radius 1 is 0.947 bits per heavy atom. The number of pyridine rings is 1. The lowest BCUT2D eigenvalue weighted by atomic mass is 10.1. The highest BCUT2D eigenvalue weighted by Crippen LogP contribution is 2.31. The van der Waals surface area contributed by atoms with Crippen LogP contribution < -0.4 is 5.56 Å². The third-order valence-electron chi connectivity index (χ3n) is 3.00. The number of hydrogen-bond acceptors (Lipinski definition) is 1. The number of hydrogen-bond donors (Lipinski definition) is 1. The minimum absolute atomic E-state index is 0.0626. The number of H-pyrrole nitrogens is 1. The summed E-state index contributed by atoms with van der Waals surface area (Å²) in [6.45, 7) is 0. The van der Waals surface area contributed by atoms with E-state index in [-0.39, 0.29) is 5.56 Å². The summed E-state index contributed by atoms with van der Waals surface area (Å²) in [4.78, 5) is 15.1. The van der Waals surface area contributed by atoms with E-state index in [0.717, 1.165) is 21.1 Å². The van der Waals surface area contributed by atoms with E-state index in [0.29, 0.717) is 5.39 Å². The van der Waals surface area contributed by atoms with E-state index in [1.54, 1.807) is 0 Å². The summed E-state index contributed by atoms with van der Waals surface area (Å²) in [7, 11) is 0. The summed E-state index contributed by atoms with van der Waals surface area (Å²) in [5.41, 5.74) is 1.75. The molecule has 1 aromatic heterocycles. The summed E-state index contributed by atoms with van der Waals surface area (Å²) >= 11 is 5.86. The fourth-order valence-corrected chi connectivity index (χ4v) is 3.09. The lowest BCUT2D eigenvalue weighted by molar-refractivity contribution is 1.26. The summed E-state index contributed by atoms with van der Waals surface area (Å²) in [5, 5.41) is 1.63. The molecular formula is C15H9BrINO. The van der Waals surface area contributed by atoms with Gasteiger partial charge in [0.25, 0.3) is 5.56 Å². The number of aromatic nitrogens is 1. The second-order valence-corrected chi connectivity index (χ2v) is 6.23. The number of nitrogens with one attached hydrogen (secondary N) is 1. The van der Waals surface area contributed by atoms with Crippen molar-refractivity contribution in [3.8, 4) is 11.3 Å². The Bertz CT molecular complexity index is 808. The number of halogens is 2. The van der Waals surface area contributed by atoms with Crippen molar-refractivity contribution in [3.05, 3.63) is 66.9 Å². The molecule has 0 aliphatic carbocycles. The first-order valence-corrected chi connectivity index (χ1v) is 7.60. The minimum atomic E-state index is -0.0626. The Kier molecular flexibility index (Phi) is 3.45. The first-order valence-electron chi connectivity index (χ1n) is 5.73. The van der Waals surface area contributed by atoms with Crippen LogP contribution in [0.5, 0.6) is 0 Å². The molecule has 0 saturated carbocycles. The lowest BCUT2D eigenvalue weighted by Gasteiger charge is -2.08. The Labute approximate surface area is 132 Å². The zero-order valence-corrected chi connectivity index (χ0v) is 13.5. The molecule has 94 valence electrons. The van der Waals surface area contributed by atoms with Crippen LogP contribution in [0.1, 0.15) is 0 Å². The van der Waals surface area contributed by atoms with Gasteiger partial charge in [0.15, 0.2) is 0 Å². The standard InChI is InChI=1S/C15H9BrINO/c16-13-11-3-1-2-4-12(11)15(19)18-14(13)9-5-7-10(17)8-6-9/h1-8H,(H,18,19). The van der Waals surface area contributed by atoms with Crippen LogP contribution in [-0.4, -0.2) is 4.98 Å². The van der Waals surface area contributed by atoms with Crippen molar-refractivity contribution in [2.24, 2.45) is 0 Å². The molecule has 0 fully saturated rings. The first-order chi connectivity index (χ1) is 9.16. The Hall–Kier alpha value is -1.14. The van der Waals surface area contributed by atoms with E-state index in [4.69, 9.17) is 0 Å². The predicted molar refractivity (Wildman–Crippen MR) is 90.4 cm³/mol. The zero-order chi connectivity index (χ0) is 13.4. The molecule has 0 unspecified atom stereocenters. The van der Waals surface area contributed by atoms with Crippen LogP contribution in [0.25, 0.3) is 22.0 Å². The predicted octanol–water partition coefficient (Wildman–Crippen LogP) is 4.56. The molecule has 19 heavy (non-hydrogen) atoms.